The van der Waals surface area contributed by atoms with Gasteiger partial charge >= 0.3 is 0 Å². The highest BCUT2D eigenvalue weighted by atomic mass is 32.2. The molecule has 114 valence electrons. The van der Waals surface area contributed by atoms with E-state index >= 15 is 0 Å². The smallest absolute Gasteiger partial charge is 0.144 e. The molecule has 1 aliphatic carbocycles. The molecule has 1 aliphatic heterocycles. The van der Waals surface area contributed by atoms with E-state index in [-0.39, 0.29) is 23.0 Å². The monoisotopic (exact) mass is 307 g/mol. The highest BCUT2D eigenvalue weighted by molar-refractivity contribution is 7.99. The summed E-state index contributed by atoms with van der Waals surface area (Å²) in [5.74, 6) is 1.11. The Kier molecular flexibility index (Phi) is 3.87. The molecule has 1 aromatic carbocycles. The molecule has 1 saturated carbocycles. The van der Waals surface area contributed by atoms with Gasteiger partial charge in [-0.15, -0.1) is 0 Å². The molecule has 0 radical (unpaired) electrons. The summed E-state index contributed by atoms with van der Waals surface area (Å²) in [6.07, 6.45) is 2.38. The molecular weight excluding hydrogens is 285 g/mol. The van der Waals surface area contributed by atoms with Crippen LogP contribution >= 0.6 is 11.9 Å². The third-order valence-corrected chi connectivity index (χ3v) is 5.85. The van der Waals surface area contributed by atoms with Crippen LogP contribution in [0.15, 0.2) is 24.3 Å². The Hall–Kier alpha value is -0.870. The second-order valence-electron chi connectivity index (χ2n) is 6.72. The zero-order valence-electron chi connectivity index (χ0n) is 12.7. The molecule has 0 bridgehead atoms. The minimum Gasteiger partial charge on any atom is -0.299 e. The molecule has 1 saturated heterocycles. The van der Waals surface area contributed by atoms with E-state index in [9.17, 15) is 9.18 Å². The summed E-state index contributed by atoms with van der Waals surface area (Å²) in [6.45, 7) is 4.87. The van der Waals surface area contributed by atoms with Crippen LogP contribution in [-0.2, 0) is 10.5 Å². The van der Waals surface area contributed by atoms with Gasteiger partial charge in [-0.25, -0.2) is 4.39 Å². The lowest BCUT2D eigenvalue weighted by Crippen LogP contribution is -2.28. The van der Waals surface area contributed by atoms with Crippen molar-refractivity contribution in [2.45, 2.75) is 50.6 Å². The van der Waals surface area contributed by atoms with E-state index in [2.05, 4.69) is 4.72 Å². The van der Waals surface area contributed by atoms with Crippen LogP contribution in [0.1, 0.15) is 50.8 Å². The van der Waals surface area contributed by atoms with E-state index in [1.54, 1.807) is 20.8 Å². The molecule has 0 amide bonds. The molecular formula is C17H22FNOS. The van der Waals surface area contributed by atoms with E-state index in [1.165, 1.54) is 24.8 Å². The highest BCUT2D eigenvalue weighted by Gasteiger charge is 2.49. The van der Waals surface area contributed by atoms with Crippen LogP contribution in [0.3, 0.4) is 0 Å². The maximum absolute atomic E-state index is 14.5. The van der Waals surface area contributed by atoms with Gasteiger partial charge in [0.15, 0.2) is 0 Å². The molecule has 3 unspecified atom stereocenters. The largest absolute Gasteiger partial charge is 0.299 e. The molecule has 1 aromatic rings. The van der Waals surface area contributed by atoms with Crippen LogP contribution < -0.4 is 4.72 Å². The minimum absolute atomic E-state index is 0.00159. The number of halogens is 1. The Morgan fingerprint density at radius 3 is 2.57 bits per heavy atom. The van der Waals surface area contributed by atoms with Crippen molar-refractivity contribution in [2.24, 2.45) is 11.8 Å². The molecule has 3 atom stereocenters. The number of nitrogens with one attached hydrogen (secondary N) is 1. The van der Waals surface area contributed by atoms with Crippen LogP contribution in [0.5, 0.6) is 0 Å². The number of carbonyl (C=O) groups excluding carboxylic acids is 1. The molecule has 2 aliphatic rings. The number of carbonyl (C=O) groups is 1. The molecule has 3 rings (SSSR count). The Balaban J connectivity index is 1.98. The minimum atomic E-state index is -1.37. The third-order valence-electron chi connectivity index (χ3n) is 4.56. The molecule has 0 aromatic heterocycles. The molecule has 1 heterocycles. The quantitative estimate of drug-likeness (QED) is 0.847. The summed E-state index contributed by atoms with van der Waals surface area (Å²) in [6, 6.07) is 7.79. The van der Waals surface area contributed by atoms with Gasteiger partial charge in [0.25, 0.3) is 0 Å². The number of ketones is 1. The van der Waals surface area contributed by atoms with Gasteiger partial charge in [0.2, 0.25) is 0 Å². The summed E-state index contributed by atoms with van der Waals surface area (Å²) >= 11 is 1.53. The normalized spacial score (nSPS) is 29.6. The van der Waals surface area contributed by atoms with Gasteiger partial charge in [-0.05, 0) is 50.7 Å². The van der Waals surface area contributed by atoms with E-state index in [1.807, 2.05) is 24.3 Å². The summed E-state index contributed by atoms with van der Waals surface area (Å²) < 4.78 is 18.0. The fourth-order valence-corrected chi connectivity index (χ4v) is 4.69. The van der Waals surface area contributed by atoms with Crippen LogP contribution in [0, 0.1) is 11.8 Å². The predicted molar refractivity (Wildman–Crippen MR) is 84.7 cm³/mol. The Bertz CT molecular complexity index is 550. The SMILES string of the molecule is CC(=O)C1SNC(c2ccccc2C(C)(C)F)C1C1CC1. The number of rotatable bonds is 4. The first-order valence-corrected chi connectivity index (χ1v) is 8.47. The van der Waals surface area contributed by atoms with Crippen molar-refractivity contribution in [2.75, 3.05) is 0 Å². The van der Waals surface area contributed by atoms with Gasteiger partial charge in [-0.3, -0.25) is 9.52 Å². The number of hydrogen-bond acceptors (Lipinski definition) is 3. The van der Waals surface area contributed by atoms with Gasteiger partial charge in [0.1, 0.15) is 11.5 Å². The van der Waals surface area contributed by atoms with Crippen LogP contribution in [0.25, 0.3) is 0 Å². The average Bonchev–Trinajstić information content (AvgIpc) is 3.16. The first-order valence-electron chi connectivity index (χ1n) is 7.59. The Labute approximate surface area is 130 Å². The summed E-state index contributed by atoms with van der Waals surface area (Å²) in [4.78, 5) is 11.9. The highest BCUT2D eigenvalue weighted by Crippen LogP contribution is 2.52. The van der Waals surface area contributed by atoms with E-state index in [4.69, 9.17) is 0 Å². The fraction of sp³-hybridized carbons (Fsp3) is 0.588. The summed E-state index contributed by atoms with van der Waals surface area (Å²) in [5, 5.41) is -0.00159. The van der Waals surface area contributed by atoms with Crippen molar-refractivity contribution >= 4 is 17.7 Å². The molecule has 2 nitrogen and oxygen atoms in total. The maximum atomic E-state index is 14.5. The molecule has 2 fully saturated rings. The topological polar surface area (TPSA) is 29.1 Å². The van der Waals surface area contributed by atoms with Crippen LogP contribution in [0.2, 0.25) is 0 Å². The molecule has 1 N–H and O–H groups in total. The van der Waals surface area contributed by atoms with Crippen molar-refractivity contribution < 1.29 is 9.18 Å². The molecule has 4 heteroatoms. The second kappa shape index (κ2) is 5.40. The van der Waals surface area contributed by atoms with Crippen LogP contribution in [0.4, 0.5) is 4.39 Å². The molecule has 0 spiro atoms. The Morgan fingerprint density at radius 1 is 1.33 bits per heavy atom. The lowest BCUT2D eigenvalue weighted by molar-refractivity contribution is -0.117. The number of benzene rings is 1. The lowest BCUT2D eigenvalue weighted by atomic mass is 9.81. The summed E-state index contributed by atoms with van der Waals surface area (Å²) in [5.41, 5.74) is 0.377. The van der Waals surface area contributed by atoms with Gasteiger partial charge in [0, 0.05) is 12.0 Å². The van der Waals surface area contributed by atoms with Crippen molar-refractivity contribution in [1.29, 1.82) is 0 Å². The van der Waals surface area contributed by atoms with E-state index in [0.29, 0.717) is 5.92 Å². The van der Waals surface area contributed by atoms with Crippen molar-refractivity contribution in [1.82, 2.24) is 4.72 Å². The lowest BCUT2D eigenvalue weighted by Gasteiger charge is -2.27. The average molecular weight is 307 g/mol. The number of alkyl halides is 1. The van der Waals surface area contributed by atoms with Crippen molar-refractivity contribution in [3.8, 4) is 0 Å². The predicted octanol–water partition coefficient (Wildman–Crippen LogP) is 4.17. The van der Waals surface area contributed by atoms with Gasteiger partial charge in [-0.2, -0.15) is 0 Å². The first kappa shape index (κ1) is 15.0. The fourth-order valence-electron chi connectivity index (χ4n) is 3.41. The second-order valence-corrected chi connectivity index (χ2v) is 7.70. The van der Waals surface area contributed by atoms with Crippen molar-refractivity contribution in [3.63, 3.8) is 0 Å². The number of Topliss-reactive ketones (excluding diaryl/α,β-unsaturated/α-hetero) is 1. The first-order chi connectivity index (χ1) is 9.89. The summed E-state index contributed by atoms with van der Waals surface area (Å²) in [7, 11) is 0. The number of hydrogen-bond donors (Lipinski definition) is 1. The maximum Gasteiger partial charge on any atom is 0.144 e. The Morgan fingerprint density at radius 2 is 2.00 bits per heavy atom. The zero-order valence-corrected chi connectivity index (χ0v) is 13.5. The van der Waals surface area contributed by atoms with Gasteiger partial charge in [-0.1, -0.05) is 36.2 Å². The van der Waals surface area contributed by atoms with E-state index < -0.39 is 5.67 Å². The zero-order chi connectivity index (χ0) is 15.2. The molecule has 21 heavy (non-hydrogen) atoms. The van der Waals surface area contributed by atoms with Crippen LogP contribution in [-0.4, -0.2) is 11.0 Å². The van der Waals surface area contributed by atoms with E-state index in [0.717, 1.165) is 11.1 Å². The third kappa shape index (κ3) is 2.88. The van der Waals surface area contributed by atoms with Crippen molar-refractivity contribution in [3.05, 3.63) is 35.4 Å². The van der Waals surface area contributed by atoms with Gasteiger partial charge in [0.05, 0.1) is 5.25 Å². The standard InChI is InChI=1S/C17H22FNOS/c1-10(20)16-14(11-8-9-11)15(19-21-16)12-6-4-5-7-13(12)17(2,3)18/h4-7,11,14-16,19H,8-9H2,1-3H3. The van der Waals surface area contributed by atoms with Gasteiger partial charge < -0.3 is 0 Å².